The standard InChI is InChI=1S/C45H29N3O/c46-26-29-17-22-42-40(23-29)36-11-4-6-14-41(36)48(42)34-21-20-32-28-47(33-9-2-1-3-10-33)27-31-19-18-30(24-38(31)39(32)25-34)35-13-8-16-44-45(35)37-12-5-7-15-43(37)49-44/h1-25H,27-28H2. The Kier molecular flexibility index (Phi) is 6.03. The largest absolute Gasteiger partial charge is 0.456 e. The molecule has 10 rings (SSSR count). The van der Waals surface area contributed by atoms with E-state index in [0.717, 1.165) is 62.5 Å². The molecule has 7 aromatic carbocycles. The Morgan fingerprint density at radius 2 is 1.22 bits per heavy atom. The maximum absolute atomic E-state index is 9.69. The van der Waals surface area contributed by atoms with E-state index in [9.17, 15) is 5.26 Å². The number of nitrogens with zero attached hydrogens (tertiary/aromatic N) is 3. The van der Waals surface area contributed by atoms with Crippen LogP contribution in [0.5, 0.6) is 0 Å². The SMILES string of the molecule is N#Cc1ccc2c(c1)c1ccccc1n2-c1ccc2c(c1)-c1cc(-c3cccc4oc5ccccc5c34)ccc1CN(c1ccccc1)C2. The lowest BCUT2D eigenvalue weighted by atomic mass is 9.91. The minimum Gasteiger partial charge on any atom is -0.456 e. The molecule has 0 amide bonds. The number of aromatic nitrogens is 1. The summed E-state index contributed by atoms with van der Waals surface area (Å²) < 4.78 is 8.62. The molecule has 0 saturated carbocycles. The minimum absolute atomic E-state index is 0.667. The molecule has 0 aliphatic carbocycles. The Labute approximate surface area is 283 Å². The first-order chi connectivity index (χ1) is 24.2. The van der Waals surface area contributed by atoms with Gasteiger partial charge < -0.3 is 13.9 Å². The fourth-order valence-electron chi connectivity index (χ4n) is 7.85. The van der Waals surface area contributed by atoms with Crippen molar-refractivity contribution < 1.29 is 4.42 Å². The zero-order valence-electron chi connectivity index (χ0n) is 26.6. The smallest absolute Gasteiger partial charge is 0.136 e. The fourth-order valence-corrected chi connectivity index (χ4v) is 7.85. The molecule has 230 valence electrons. The first kappa shape index (κ1) is 27.5. The van der Waals surface area contributed by atoms with E-state index in [1.54, 1.807) is 0 Å². The summed E-state index contributed by atoms with van der Waals surface area (Å²) >= 11 is 0. The number of rotatable bonds is 3. The Morgan fingerprint density at radius 3 is 2.08 bits per heavy atom. The van der Waals surface area contributed by atoms with E-state index in [1.165, 1.54) is 39.1 Å². The highest BCUT2D eigenvalue weighted by Gasteiger charge is 2.23. The van der Waals surface area contributed by atoms with Gasteiger partial charge in [0.1, 0.15) is 11.2 Å². The molecule has 0 radical (unpaired) electrons. The molecule has 0 N–H and O–H groups in total. The van der Waals surface area contributed by atoms with Crippen LogP contribution in [0.15, 0.2) is 156 Å². The summed E-state index contributed by atoms with van der Waals surface area (Å²) in [5.74, 6) is 0. The molecule has 1 aliphatic heterocycles. The molecule has 49 heavy (non-hydrogen) atoms. The molecule has 0 atom stereocenters. The fraction of sp³-hybridized carbons (Fsp3) is 0.0444. The van der Waals surface area contributed by atoms with Crippen molar-refractivity contribution in [3.05, 3.63) is 168 Å². The highest BCUT2D eigenvalue weighted by Crippen LogP contribution is 2.42. The highest BCUT2D eigenvalue weighted by molar-refractivity contribution is 6.13. The van der Waals surface area contributed by atoms with Gasteiger partial charge in [-0.05, 0) is 100 Å². The lowest BCUT2D eigenvalue weighted by molar-refractivity contribution is 0.669. The van der Waals surface area contributed by atoms with Crippen LogP contribution < -0.4 is 4.90 Å². The van der Waals surface area contributed by atoms with E-state index in [4.69, 9.17) is 4.42 Å². The van der Waals surface area contributed by atoms with Gasteiger partial charge in [0.2, 0.25) is 0 Å². The number of furan rings is 1. The van der Waals surface area contributed by atoms with Gasteiger partial charge in [-0.25, -0.2) is 0 Å². The second-order valence-electron chi connectivity index (χ2n) is 12.9. The van der Waals surface area contributed by atoms with Crippen LogP contribution in [0.2, 0.25) is 0 Å². The van der Waals surface area contributed by atoms with E-state index in [1.807, 2.05) is 24.3 Å². The molecular formula is C45H29N3O. The first-order valence-electron chi connectivity index (χ1n) is 16.6. The summed E-state index contributed by atoms with van der Waals surface area (Å²) in [6, 6.07) is 56.1. The monoisotopic (exact) mass is 627 g/mol. The normalized spacial score (nSPS) is 12.7. The van der Waals surface area contributed by atoms with Crippen LogP contribution in [0.3, 0.4) is 0 Å². The van der Waals surface area contributed by atoms with Crippen molar-refractivity contribution in [1.29, 1.82) is 5.26 Å². The van der Waals surface area contributed by atoms with Gasteiger partial charge in [-0.3, -0.25) is 0 Å². The summed E-state index contributed by atoms with van der Waals surface area (Å²) in [7, 11) is 0. The van der Waals surface area contributed by atoms with Gasteiger partial charge >= 0.3 is 0 Å². The quantitative estimate of drug-likeness (QED) is 0.196. The van der Waals surface area contributed by atoms with Crippen molar-refractivity contribution in [2.45, 2.75) is 13.1 Å². The molecule has 4 heteroatoms. The molecule has 0 spiro atoms. The van der Waals surface area contributed by atoms with Crippen molar-refractivity contribution in [3.63, 3.8) is 0 Å². The Morgan fingerprint density at radius 1 is 0.510 bits per heavy atom. The molecule has 1 aliphatic rings. The maximum atomic E-state index is 9.69. The molecule has 0 unspecified atom stereocenters. The van der Waals surface area contributed by atoms with E-state index in [2.05, 4.69) is 143 Å². The van der Waals surface area contributed by atoms with Crippen LogP contribution >= 0.6 is 0 Å². The van der Waals surface area contributed by atoms with Crippen LogP contribution in [0.25, 0.3) is 71.7 Å². The number of anilines is 1. The minimum atomic E-state index is 0.667. The summed E-state index contributed by atoms with van der Waals surface area (Å²) in [6.45, 7) is 1.60. The first-order valence-corrected chi connectivity index (χ1v) is 16.6. The van der Waals surface area contributed by atoms with Crippen LogP contribution in [0, 0.1) is 11.3 Å². The predicted molar refractivity (Wildman–Crippen MR) is 200 cm³/mol. The van der Waals surface area contributed by atoms with Crippen LogP contribution in [0.4, 0.5) is 5.69 Å². The van der Waals surface area contributed by atoms with Crippen LogP contribution in [-0.4, -0.2) is 4.57 Å². The molecule has 0 bridgehead atoms. The lowest BCUT2D eigenvalue weighted by Gasteiger charge is -2.24. The summed E-state index contributed by atoms with van der Waals surface area (Å²) in [4.78, 5) is 2.47. The third kappa shape index (κ3) is 4.30. The number of para-hydroxylation sites is 3. The summed E-state index contributed by atoms with van der Waals surface area (Å²) in [6.07, 6.45) is 0. The second-order valence-corrected chi connectivity index (χ2v) is 12.9. The lowest BCUT2D eigenvalue weighted by Crippen LogP contribution is -2.20. The van der Waals surface area contributed by atoms with E-state index in [-0.39, 0.29) is 0 Å². The van der Waals surface area contributed by atoms with E-state index in [0.29, 0.717) is 5.56 Å². The number of fused-ring (bicyclic) bond motifs is 9. The summed E-state index contributed by atoms with van der Waals surface area (Å²) in [5.41, 5.74) is 14.4. The molecule has 4 nitrogen and oxygen atoms in total. The number of benzene rings is 7. The number of hydrogen-bond acceptors (Lipinski definition) is 3. The third-order valence-corrected chi connectivity index (χ3v) is 10.1. The average Bonchev–Trinajstić information content (AvgIpc) is 3.65. The highest BCUT2D eigenvalue weighted by atomic mass is 16.3. The Hall–Kier alpha value is -6.57. The maximum Gasteiger partial charge on any atom is 0.136 e. The topological polar surface area (TPSA) is 45.1 Å². The van der Waals surface area contributed by atoms with Gasteiger partial charge in [-0.1, -0.05) is 84.9 Å². The van der Waals surface area contributed by atoms with Gasteiger partial charge in [-0.2, -0.15) is 5.26 Å². The number of nitriles is 1. The van der Waals surface area contributed by atoms with Crippen molar-refractivity contribution in [2.75, 3.05) is 4.90 Å². The zero-order chi connectivity index (χ0) is 32.5. The van der Waals surface area contributed by atoms with Gasteiger partial charge in [0.25, 0.3) is 0 Å². The van der Waals surface area contributed by atoms with Crippen molar-refractivity contribution >= 4 is 49.4 Å². The van der Waals surface area contributed by atoms with Gasteiger partial charge in [-0.15, -0.1) is 0 Å². The number of hydrogen-bond donors (Lipinski definition) is 0. The van der Waals surface area contributed by atoms with Crippen molar-refractivity contribution in [3.8, 4) is 34.0 Å². The van der Waals surface area contributed by atoms with Crippen LogP contribution in [-0.2, 0) is 13.1 Å². The van der Waals surface area contributed by atoms with Gasteiger partial charge in [0, 0.05) is 46.0 Å². The van der Waals surface area contributed by atoms with E-state index < -0.39 is 0 Å². The van der Waals surface area contributed by atoms with Crippen molar-refractivity contribution in [2.24, 2.45) is 0 Å². The van der Waals surface area contributed by atoms with Crippen molar-refractivity contribution in [1.82, 2.24) is 4.57 Å². The molecular weight excluding hydrogens is 599 g/mol. The van der Waals surface area contributed by atoms with Gasteiger partial charge in [0.15, 0.2) is 0 Å². The Bertz CT molecular complexity index is 2800. The summed E-state index contributed by atoms with van der Waals surface area (Å²) in [5, 5.41) is 14.2. The molecule has 9 aromatic rings. The zero-order valence-corrected chi connectivity index (χ0v) is 26.6. The Balaban J connectivity index is 1.22. The second kappa shape index (κ2) is 10.7. The van der Waals surface area contributed by atoms with E-state index >= 15 is 0 Å². The molecule has 2 aromatic heterocycles. The van der Waals surface area contributed by atoms with Gasteiger partial charge in [0.05, 0.1) is 22.7 Å². The average molecular weight is 628 g/mol. The third-order valence-electron chi connectivity index (χ3n) is 10.1. The molecule has 0 saturated heterocycles. The predicted octanol–water partition coefficient (Wildman–Crippen LogP) is 11.4. The van der Waals surface area contributed by atoms with Crippen LogP contribution in [0.1, 0.15) is 16.7 Å². The molecule has 3 heterocycles. The molecule has 0 fully saturated rings.